The molecular formula is C29H38N2O6SSi. The van der Waals surface area contributed by atoms with Gasteiger partial charge < -0.3 is 24.1 Å². The van der Waals surface area contributed by atoms with E-state index in [1.165, 1.54) is 6.20 Å². The Morgan fingerprint density at radius 1 is 0.974 bits per heavy atom. The molecule has 39 heavy (non-hydrogen) atoms. The number of carbonyl (C=O) groups is 1. The van der Waals surface area contributed by atoms with Crippen LogP contribution in [-0.4, -0.2) is 60.1 Å². The lowest BCUT2D eigenvalue weighted by Gasteiger charge is -2.43. The van der Waals surface area contributed by atoms with Crippen molar-refractivity contribution in [1.82, 2.24) is 4.98 Å². The number of aliphatic hydroxyl groups is 2. The molecule has 8 nitrogen and oxygen atoms in total. The van der Waals surface area contributed by atoms with Gasteiger partial charge in [-0.05, 0) is 36.2 Å². The minimum Gasteiger partial charge on any atom is -0.444 e. The highest BCUT2D eigenvalue weighted by molar-refractivity contribution is 7.15. The zero-order chi connectivity index (χ0) is 28.4. The van der Waals surface area contributed by atoms with Crippen LogP contribution in [0.25, 0.3) is 0 Å². The van der Waals surface area contributed by atoms with Crippen molar-refractivity contribution in [3.63, 3.8) is 0 Å². The maximum Gasteiger partial charge on any atom is 0.413 e. The van der Waals surface area contributed by atoms with Crippen LogP contribution in [0.3, 0.4) is 0 Å². The number of hydrogen-bond acceptors (Lipinski definition) is 8. The van der Waals surface area contributed by atoms with Crippen molar-refractivity contribution < 1.29 is 28.9 Å². The van der Waals surface area contributed by atoms with Gasteiger partial charge in [0.1, 0.15) is 30.0 Å². The molecule has 1 fully saturated rings. The topological polar surface area (TPSA) is 110 Å². The zero-order valence-corrected chi connectivity index (χ0v) is 25.1. The third-order valence-corrected chi connectivity index (χ3v) is 12.6. The standard InChI is InChI=1S/C29H38N2O6SSi/c1-28(2,3)37-27(34)31-26-30-17-22(38-26)25-24(33)23(32)21(36-25)18-35-39(29(4,5)6,19-13-9-7-10-14-19)20-15-11-8-12-16-20/h7-17,21,23-25,32-33H,18H2,1-6H3,(H,30,31,34)/t21-,23-,24-,25-/m1/s1. The Hall–Kier alpha value is -2.60. The number of aromatic nitrogens is 1. The summed E-state index contributed by atoms with van der Waals surface area (Å²) in [6.45, 7) is 12.0. The third kappa shape index (κ3) is 6.42. The minimum absolute atomic E-state index is 0.101. The molecule has 4 atom stereocenters. The summed E-state index contributed by atoms with van der Waals surface area (Å²) in [5, 5.41) is 26.8. The SMILES string of the molecule is CC(C)(C)OC(=O)Nc1ncc([C@H]2O[C@H](CO[Si](c3ccccc3)(c3ccccc3)C(C)(C)C)[C@@H](O)[C@H]2O)s1. The Balaban J connectivity index is 1.55. The van der Waals surface area contributed by atoms with Crippen molar-refractivity contribution in [2.24, 2.45) is 0 Å². The van der Waals surface area contributed by atoms with Crippen LogP contribution in [0.1, 0.15) is 52.5 Å². The van der Waals surface area contributed by atoms with Crippen molar-refractivity contribution in [3.8, 4) is 0 Å². The first kappa shape index (κ1) is 29.4. The number of aliphatic hydroxyl groups excluding tert-OH is 2. The molecule has 0 aliphatic carbocycles. The minimum atomic E-state index is -2.85. The first-order valence-corrected chi connectivity index (χ1v) is 15.8. The van der Waals surface area contributed by atoms with Gasteiger partial charge in [-0.15, -0.1) is 0 Å². The number of benzene rings is 2. The summed E-state index contributed by atoms with van der Waals surface area (Å²) in [5.41, 5.74) is -0.642. The highest BCUT2D eigenvalue weighted by Gasteiger charge is 2.52. The smallest absolute Gasteiger partial charge is 0.413 e. The summed E-state index contributed by atoms with van der Waals surface area (Å²) < 4.78 is 18.4. The van der Waals surface area contributed by atoms with Gasteiger partial charge in [-0.3, -0.25) is 5.32 Å². The summed E-state index contributed by atoms with van der Waals surface area (Å²) >= 11 is 1.16. The number of hydrogen-bond donors (Lipinski definition) is 3. The lowest BCUT2D eigenvalue weighted by atomic mass is 10.1. The second-order valence-corrected chi connectivity index (χ2v) is 17.1. The molecule has 3 N–H and O–H groups in total. The fourth-order valence-corrected chi connectivity index (χ4v) is 10.4. The molecule has 1 amide bonds. The lowest BCUT2D eigenvalue weighted by molar-refractivity contribution is -0.0180. The average Bonchev–Trinajstić information content (AvgIpc) is 3.43. The Labute approximate surface area is 235 Å². The first-order chi connectivity index (χ1) is 18.3. The highest BCUT2D eigenvalue weighted by atomic mass is 32.1. The molecule has 1 aromatic heterocycles. The summed E-state index contributed by atoms with van der Waals surface area (Å²) in [7, 11) is -2.85. The normalized spacial score (nSPS) is 22.1. The van der Waals surface area contributed by atoms with E-state index >= 15 is 0 Å². The predicted molar refractivity (Wildman–Crippen MR) is 155 cm³/mol. The Morgan fingerprint density at radius 3 is 2.05 bits per heavy atom. The number of nitrogens with one attached hydrogen (secondary N) is 1. The van der Waals surface area contributed by atoms with E-state index in [1.807, 2.05) is 36.4 Å². The van der Waals surface area contributed by atoms with Crippen LogP contribution in [0.5, 0.6) is 0 Å². The third-order valence-electron chi connectivity index (χ3n) is 6.66. The second kappa shape index (κ2) is 11.5. The van der Waals surface area contributed by atoms with Gasteiger partial charge in [-0.2, -0.15) is 0 Å². The summed E-state index contributed by atoms with van der Waals surface area (Å²) in [5.74, 6) is 0. The van der Waals surface area contributed by atoms with Crippen LogP contribution in [0, 0.1) is 0 Å². The van der Waals surface area contributed by atoms with E-state index in [0.29, 0.717) is 10.0 Å². The molecule has 4 rings (SSSR count). The Bertz CT molecular complexity index is 1200. The van der Waals surface area contributed by atoms with E-state index in [1.54, 1.807) is 20.8 Å². The van der Waals surface area contributed by atoms with E-state index in [0.717, 1.165) is 21.7 Å². The van der Waals surface area contributed by atoms with Crippen molar-refractivity contribution in [2.45, 2.75) is 76.6 Å². The van der Waals surface area contributed by atoms with Gasteiger partial charge in [0.15, 0.2) is 5.13 Å². The molecule has 0 radical (unpaired) electrons. The number of anilines is 1. The maximum absolute atomic E-state index is 12.1. The molecular weight excluding hydrogens is 532 g/mol. The summed E-state index contributed by atoms with van der Waals surface area (Å²) in [6.07, 6.45) is -2.97. The molecule has 1 saturated heterocycles. The quantitative estimate of drug-likeness (QED) is 0.365. The molecule has 0 spiro atoms. The molecule has 10 heteroatoms. The molecule has 1 aliphatic heterocycles. The number of ether oxygens (including phenoxy) is 2. The van der Waals surface area contributed by atoms with Gasteiger partial charge >= 0.3 is 6.09 Å². The van der Waals surface area contributed by atoms with Gasteiger partial charge in [0.25, 0.3) is 8.32 Å². The predicted octanol–water partition coefficient (Wildman–Crippen LogP) is 4.23. The summed E-state index contributed by atoms with van der Waals surface area (Å²) in [4.78, 5) is 16.9. The molecule has 1 aliphatic rings. The van der Waals surface area contributed by atoms with Gasteiger partial charge in [0.2, 0.25) is 0 Å². The highest BCUT2D eigenvalue weighted by Crippen LogP contribution is 2.40. The second-order valence-electron chi connectivity index (χ2n) is 11.7. The molecule has 0 saturated carbocycles. The molecule has 210 valence electrons. The van der Waals surface area contributed by atoms with Crippen molar-refractivity contribution >= 4 is 41.3 Å². The zero-order valence-electron chi connectivity index (χ0n) is 23.3. The van der Waals surface area contributed by atoms with Gasteiger partial charge in [0.05, 0.1) is 11.5 Å². The number of rotatable bonds is 7. The molecule has 0 bridgehead atoms. The number of carbonyl (C=O) groups excluding carboxylic acids is 1. The largest absolute Gasteiger partial charge is 0.444 e. The Morgan fingerprint density at radius 2 is 1.54 bits per heavy atom. The van der Waals surface area contributed by atoms with Crippen molar-refractivity contribution in [3.05, 3.63) is 71.7 Å². The molecule has 2 heterocycles. The van der Waals surface area contributed by atoms with Crippen LogP contribution in [0.15, 0.2) is 66.9 Å². The number of nitrogens with zero attached hydrogens (tertiary/aromatic N) is 1. The molecule has 2 aromatic carbocycles. The monoisotopic (exact) mass is 570 g/mol. The number of amides is 1. The van der Waals surface area contributed by atoms with Crippen LogP contribution in [-0.2, 0) is 13.9 Å². The van der Waals surface area contributed by atoms with E-state index < -0.39 is 44.4 Å². The van der Waals surface area contributed by atoms with Crippen molar-refractivity contribution in [1.29, 1.82) is 0 Å². The van der Waals surface area contributed by atoms with Crippen LogP contribution in [0.4, 0.5) is 9.93 Å². The lowest BCUT2D eigenvalue weighted by Crippen LogP contribution is -2.67. The van der Waals surface area contributed by atoms with Gasteiger partial charge in [0, 0.05) is 6.20 Å². The average molecular weight is 571 g/mol. The van der Waals surface area contributed by atoms with Gasteiger partial charge in [-0.25, -0.2) is 9.78 Å². The van der Waals surface area contributed by atoms with Crippen LogP contribution < -0.4 is 15.7 Å². The molecule has 3 aromatic rings. The van der Waals surface area contributed by atoms with E-state index in [-0.39, 0.29) is 11.6 Å². The van der Waals surface area contributed by atoms with E-state index in [9.17, 15) is 15.0 Å². The van der Waals surface area contributed by atoms with E-state index in [2.05, 4.69) is 55.3 Å². The Kier molecular flexibility index (Phi) is 8.65. The maximum atomic E-state index is 12.1. The van der Waals surface area contributed by atoms with Crippen LogP contribution in [0.2, 0.25) is 5.04 Å². The number of thiazole rings is 1. The van der Waals surface area contributed by atoms with E-state index in [4.69, 9.17) is 13.9 Å². The fraction of sp³-hybridized carbons (Fsp3) is 0.448. The molecule has 0 unspecified atom stereocenters. The first-order valence-electron chi connectivity index (χ1n) is 13.0. The summed E-state index contributed by atoms with van der Waals surface area (Å²) in [6, 6.07) is 20.4. The van der Waals surface area contributed by atoms with Crippen LogP contribution >= 0.6 is 11.3 Å². The fourth-order valence-electron chi connectivity index (χ4n) is 4.96. The van der Waals surface area contributed by atoms with Crippen molar-refractivity contribution in [2.75, 3.05) is 11.9 Å². The van der Waals surface area contributed by atoms with Gasteiger partial charge in [-0.1, -0.05) is 92.8 Å².